The lowest BCUT2D eigenvalue weighted by Crippen LogP contribution is -2.47. The summed E-state index contributed by atoms with van der Waals surface area (Å²) in [4.78, 5) is 29.5. The highest BCUT2D eigenvalue weighted by atomic mass is 35.5. The molecule has 0 aliphatic carbocycles. The summed E-state index contributed by atoms with van der Waals surface area (Å²) in [6.45, 7) is 3.49. The van der Waals surface area contributed by atoms with Crippen LogP contribution >= 0.6 is 11.6 Å². The first-order valence-electron chi connectivity index (χ1n) is 10.1. The monoisotopic (exact) mass is 436 g/mol. The maximum absolute atomic E-state index is 13.4. The Morgan fingerprint density at radius 2 is 1.71 bits per heavy atom. The van der Waals surface area contributed by atoms with Gasteiger partial charge in [0.2, 0.25) is 5.91 Å². The Bertz CT molecular complexity index is 1120. The summed E-state index contributed by atoms with van der Waals surface area (Å²) in [6, 6.07) is 19.9. The maximum Gasteiger partial charge on any atom is 0.258 e. The van der Waals surface area contributed by atoms with Gasteiger partial charge in [0.1, 0.15) is 5.82 Å². The molecule has 0 fully saturated rings. The second-order valence-electron chi connectivity index (χ2n) is 7.71. The molecule has 1 aliphatic rings. The molecule has 2 amide bonds. The molecule has 0 unspecified atom stereocenters. The summed E-state index contributed by atoms with van der Waals surface area (Å²) in [6.07, 6.45) is 0.536. The molecule has 0 saturated carbocycles. The Balaban J connectivity index is 1.81. The Labute approximate surface area is 185 Å². The van der Waals surface area contributed by atoms with Crippen LogP contribution in [0.15, 0.2) is 72.8 Å². The number of carbonyl (C=O) groups is 2. The van der Waals surface area contributed by atoms with Crippen molar-refractivity contribution in [1.82, 2.24) is 0 Å². The van der Waals surface area contributed by atoms with E-state index in [-0.39, 0.29) is 23.9 Å². The minimum Gasteiger partial charge on any atom is -0.305 e. The predicted octanol–water partition coefficient (Wildman–Crippen LogP) is 6.01. The normalized spacial score (nSPS) is 17.7. The van der Waals surface area contributed by atoms with Crippen LogP contribution in [0.25, 0.3) is 0 Å². The Morgan fingerprint density at radius 1 is 1.03 bits per heavy atom. The van der Waals surface area contributed by atoms with Crippen LogP contribution in [0, 0.1) is 5.82 Å². The maximum atomic E-state index is 13.4. The van der Waals surface area contributed by atoms with E-state index in [0.717, 1.165) is 11.3 Å². The lowest BCUT2D eigenvalue weighted by atomic mass is 9.89. The number of rotatable bonds is 3. The van der Waals surface area contributed by atoms with Gasteiger partial charge in [-0.3, -0.25) is 9.59 Å². The number of amides is 2. The van der Waals surface area contributed by atoms with E-state index in [2.05, 4.69) is 0 Å². The summed E-state index contributed by atoms with van der Waals surface area (Å²) < 4.78 is 13.4. The smallest absolute Gasteiger partial charge is 0.258 e. The van der Waals surface area contributed by atoms with E-state index in [4.69, 9.17) is 11.6 Å². The van der Waals surface area contributed by atoms with Gasteiger partial charge >= 0.3 is 0 Å². The van der Waals surface area contributed by atoms with Crippen LogP contribution < -0.4 is 9.80 Å². The van der Waals surface area contributed by atoms with Crippen LogP contribution in [0.3, 0.4) is 0 Å². The van der Waals surface area contributed by atoms with E-state index >= 15 is 0 Å². The fourth-order valence-electron chi connectivity index (χ4n) is 4.26. The number of hydrogen-bond donors (Lipinski definition) is 0. The summed E-state index contributed by atoms with van der Waals surface area (Å²) in [5.74, 6) is -0.702. The highest BCUT2D eigenvalue weighted by molar-refractivity contribution is 6.30. The van der Waals surface area contributed by atoms with Crippen LogP contribution in [0.5, 0.6) is 0 Å². The van der Waals surface area contributed by atoms with Gasteiger partial charge in [-0.15, -0.1) is 0 Å². The molecule has 3 aromatic carbocycles. The van der Waals surface area contributed by atoms with Crippen molar-refractivity contribution < 1.29 is 14.0 Å². The molecule has 0 aromatic heterocycles. The first-order chi connectivity index (χ1) is 14.9. The van der Waals surface area contributed by atoms with Gasteiger partial charge in [0.15, 0.2) is 0 Å². The van der Waals surface area contributed by atoms with E-state index in [1.165, 1.54) is 31.2 Å². The van der Waals surface area contributed by atoms with Gasteiger partial charge in [0.25, 0.3) is 5.91 Å². The Hall–Kier alpha value is -3.18. The number of carbonyl (C=O) groups excluding carboxylic acids is 2. The zero-order valence-electron chi connectivity index (χ0n) is 17.3. The van der Waals surface area contributed by atoms with E-state index in [1.54, 1.807) is 15.9 Å². The minimum atomic E-state index is -0.393. The van der Waals surface area contributed by atoms with E-state index in [9.17, 15) is 14.0 Å². The molecule has 6 heteroatoms. The van der Waals surface area contributed by atoms with Gasteiger partial charge in [-0.1, -0.05) is 29.8 Å². The molecule has 3 aromatic rings. The molecule has 4 rings (SSSR count). The quantitative estimate of drug-likeness (QED) is 0.504. The largest absolute Gasteiger partial charge is 0.305 e. The molecular weight excluding hydrogens is 415 g/mol. The summed E-state index contributed by atoms with van der Waals surface area (Å²) in [5, 5.41) is 0.532. The Kier molecular flexibility index (Phi) is 5.79. The number of anilines is 2. The average Bonchev–Trinajstić information content (AvgIpc) is 2.75. The molecule has 4 nitrogen and oxygen atoms in total. The fourth-order valence-corrected chi connectivity index (χ4v) is 4.44. The molecule has 2 atom stereocenters. The van der Waals surface area contributed by atoms with E-state index in [1.807, 2.05) is 49.4 Å². The number of halogens is 2. The lowest BCUT2D eigenvalue weighted by Gasteiger charge is -2.43. The highest BCUT2D eigenvalue weighted by Crippen LogP contribution is 2.43. The average molecular weight is 437 g/mol. The summed E-state index contributed by atoms with van der Waals surface area (Å²) in [5.41, 5.74) is 2.69. The molecule has 0 bridgehead atoms. The van der Waals surface area contributed by atoms with Crippen LogP contribution in [-0.2, 0) is 4.79 Å². The van der Waals surface area contributed by atoms with Gasteiger partial charge in [-0.05, 0) is 67.9 Å². The van der Waals surface area contributed by atoms with Gasteiger partial charge in [0.05, 0.1) is 6.04 Å². The van der Waals surface area contributed by atoms with Crippen molar-refractivity contribution in [1.29, 1.82) is 0 Å². The van der Waals surface area contributed by atoms with Crippen molar-refractivity contribution >= 4 is 34.8 Å². The molecule has 0 saturated heterocycles. The molecule has 1 aliphatic heterocycles. The standard InChI is InChI=1S/C25H22ClFN2O2/c1-16-14-24(29(17(2)30)21-6-4-3-5-7-21)22-15-19(26)10-13-23(22)28(16)25(31)18-8-11-20(27)12-9-18/h3-13,15-16,24H,14H2,1-2H3/t16-,24+/m0/s1. The molecule has 0 N–H and O–H groups in total. The van der Waals surface area contributed by atoms with Crippen LogP contribution in [-0.4, -0.2) is 17.9 Å². The SMILES string of the molecule is CC(=O)N(c1ccccc1)[C@@H]1C[C@H](C)N(C(=O)c2ccc(F)cc2)c2ccc(Cl)cc21. The molecule has 0 spiro atoms. The van der Waals surface area contributed by atoms with Gasteiger partial charge in [-0.2, -0.15) is 0 Å². The zero-order chi connectivity index (χ0) is 22.1. The summed E-state index contributed by atoms with van der Waals surface area (Å²) >= 11 is 6.32. The van der Waals surface area contributed by atoms with Gasteiger partial charge < -0.3 is 9.80 Å². The molecular formula is C25H22ClFN2O2. The molecule has 0 radical (unpaired) electrons. The van der Waals surface area contributed by atoms with Crippen LogP contribution in [0.1, 0.15) is 42.2 Å². The lowest BCUT2D eigenvalue weighted by molar-refractivity contribution is -0.117. The number of nitrogens with zero attached hydrogens (tertiary/aromatic N) is 2. The van der Waals surface area contributed by atoms with Crippen molar-refractivity contribution in [3.8, 4) is 0 Å². The zero-order valence-corrected chi connectivity index (χ0v) is 18.0. The Morgan fingerprint density at radius 3 is 2.35 bits per heavy atom. The van der Waals surface area contributed by atoms with Gasteiger partial charge in [-0.25, -0.2) is 4.39 Å². The third-order valence-electron chi connectivity index (χ3n) is 5.61. The van der Waals surface area contributed by atoms with Crippen molar-refractivity contribution in [3.63, 3.8) is 0 Å². The third-order valence-corrected chi connectivity index (χ3v) is 5.84. The number of hydrogen-bond acceptors (Lipinski definition) is 2. The molecule has 31 heavy (non-hydrogen) atoms. The topological polar surface area (TPSA) is 40.6 Å². The van der Waals surface area contributed by atoms with E-state index in [0.29, 0.717) is 22.7 Å². The van der Waals surface area contributed by atoms with Crippen molar-refractivity contribution in [2.75, 3.05) is 9.80 Å². The first kappa shape index (κ1) is 21.1. The number of benzene rings is 3. The van der Waals surface area contributed by atoms with Crippen LogP contribution in [0.2, 0.25) is 5.02 Å². The first-order valence-corrected chi connectivity index (χ1v) is 10.5. The summed E-state index contributed by atoms with van der Waals surface area (Å²) in [7, 11) is 0. The third kappa shape index (κ3) is 4.06. The second-order valence-corrected chi connectivity index (χ2v) is 8.15. The second kappa shape index (κ2) is 8.52. The van der Waals surface area contributed by atoms with Crippen molar-refractivity contribution in [3.05, 3.63) is 94.8 Å². The van der Waals surface area contributed by atoms with Crippen molar-refractivity contribution in [2.45, 2.75) is 32.4 Å². The minimum absolute atomic E-state index is 0.0902. The predicted molar refractivity (Wildman–Crippen MR) is 121 cm³/mol. The highest BCUT2D eigenvalue weighted by Gasteiger charge is 2.38. The van der Waals surface area contributed by atoms with Crippen LogP contribution in [0.4, 0.5) is 15.8 Å². The molecule has 158 valence electrons. The number of para-hydroxylation sites is 1. The van der Waals surface area contributed by atoms with Crippen molar-refractivity contribution in [2.24, 2.45) is 0 Å². The number of fused-ring (bicyclic) bond motifs is 1. The fraction of sp³-hybridized carbons (Fsp3) is 0.200. The van der Waals surface area contributed by atoms with E-state index < -0.39 is 5.82 Å². The molecule has 1 heterocycles. The van der Waals surface area contributed by atoms with Gasteiger partial charge in [0, 0.05) is 40.5 Å².